The summed E-state index contributed by atoms with van der Waals surface area (Å²) in [6.45, 7) is 3.76. The van der Waals surface area contributed by atoms with Gasteiger partial charge < -0.3 is 9.80 Å². The van der Waals surface area contributed by atoms with Gasteiger partial charge in [0.05, 0.1) is 11.3 Å². The number of amides is 2. The predicted octanol–water partition coefficient (Wildman–Crippen LogP) is 2.91. The van der Waals surface area contributed by atoms with Crippen LogP contribution in [-0.4, -0.2) is 51.5 Å². The molecule has 27 heavy (non-hydrogen) atoms. The highest BCUT2D eigenvalue weighted by atomic mass is 35.5. The zero-order valence-corrected chi connectivity index (χ0v) is 16.0. The average Bonchev–Trinajstić information content (AvgIpc) is 3.29. The summed E-state index contributed by atoms with van der Waals surface area (Å²) in [4.78, 5) is 33.4. The van der Waals surface area contributed by atoms with Gasteiger partial charge in [0.15, 0.2) is 5.82 Å². The molecule has 2 fully saturated rings. The molecule has 1 aromatic carbocycles. The van der Waals surface area contributed by atoms with Crippen molar-refractivity contribution in [3.05, 3.63) is 40.4 Å². The van der Waals surface area contributed by atoms with Crippen molar-refractivity contribution in [3.8, 4) is 0 Å². The maximum Gasteiger partial charge on any atom is 0.255 e. The van der Waals surface area contributed by atoms with Crippen molar-refractivity contribution in [3.63, 3.8) is 0 Å². The molecule has 2 amide bonds. The van der Waals surface area contributed by atoms with Crippen LogP contribution in [0.4, 0.5) is 5.69 Å². The van der Waals surface area contributed by atoms with Gasteiger partial charge in [0.1, 0.15) is 5.82 Å². The van der Waals surface area contributed by atoms with Crippen molar-refractivity contribution < 1.29 is 9.59 Å². The van der Waals surface area contributed by atoms with Gasteiger partial charge in [-0.05, 0) is 44.4 Å². The van der Waals surface area contributed by atoms with Gasteiger partial charge in [-0.15, -0.1) is 0 Å². The zero-order chi connectivity index (χ0) is 19.0. The summed E-state index contributed by atoms with van der Waals surface area (Å²) in [5.41, 5.74) is 1.15. The van der Waals surface area contributed by atoms with E-state index in [-0.39, 0.29) is 17.7 Å². The maximum absolute atomic E-state index is 13.3. The lowest BCUT2D eigenvalue weighted by Crippen LogP contribution is -2.40. The molecule has 0 spiro atoms. The fourth-order valence-electron chi connectivity index (χ4n) is 3.90. The molecule has 1 aromatic heterocycles. The number of aromatic amines is 1. The summed E-state index contributed by atoms with van der Waals surface area (Å²) in [6.07, 6.45) is 3.17. The molecule has 8 heteroatoms. The average molecular weight is 388 g/mol. The van der Waals surface area contributed by atoms with Crippen LogP contribution in [0, 0.1) is 6.92 Å². The minimum atomic E-state index is -0.0710. The van der Waals surface area contributed by atoms with Crippen molar-refractivity contribution in [2.24, 2.45) is 0 Å². The molecule has 142 valence electrons. The molecule has 7 nitrogen and oxygen atoms in total. The predicted molar refractivity (Wildman–Crippen MR) is 102 cm³/mol. The van der Waals surface area contributed by atoms with Crippen molar-refractivity contribution in [2.75, 3.05) is 24.5 Å². The van der Waals surface area contributed by atoms with Crippen LogP contribution in [0.1, 0.15) is 53.6 Å². The number of carbonyl (C=O) groups excluding carboxylic acids is 2. The van der Waals surface area contributed by atoms with Crippen molar-refractivity contribution in [1.29, 1.82) is 0 Å². The molecule has 1 N–H and O–H groups in total. The van der Waals surface area contributed by atoms with Gasteiger partial charge >= 0.3 is 0 Å². The quantitative estimate of drug-likeness (QED) is 0.877. The van der Waals surface area contributed by atoms with Gasteiger partial charge in [-0.3, -0.25) is 14.7 Å². The van der Waals surface area contributed by atoms with E-state index < -0.39 is 0 Å². The van der Waals surface area contributed by atoms with Crippen LogP contribution in [-0.2, 0) is 4.79 Å². The first-order valence-electron chi connectivity index (χ1n) is 9.31. The number of hydrogen-bond donors (Lipinski definition) is 1. The molecule has 2 aromatic rings. The molecular formula is C19H22ClN5O2. The van der Waals surface area contributed by atoms with Crippen molar-refractivity contribution >= 4 is 29.1 Å². The van der Waals surface area contributed by atoms with E-state index in [4.69, 9.17) is 11.6 Å². The number of anilines is 1. The number of nitrogens with zero attached hydrogens (tertiary/aromatic N) is 4. The molecule has 3 heterocycles. The molecule has 1 unspecified atom stereocenters. The van der Waals surface area contributed by atoms with Crippen LogP contribution in [0.5, 0.6) is 0 Å². The van der Waals surface area contributed by atoms with Gasteiger partial charge in [0, 0.05) is 37.0 Å². The first-order chi connectivity index (χ1) is 13.0. The normalized spacial score (nSPS) is 20.4. The minimum absolute atomic E-state index is 0.0408. The lowest BCUT2D eigenvalue weighted by molar-refractivity contribution is -0.117. The number of halogens is 1. The smallest absolute Gasteiger partial charge is 0.255 e. The fraction of sp³-hybridized carbons (Fsp3) is 0.474. The molecular weight excluding hydrogens is 366 g/mol. The highest BCUT2D eigenvalue weighted by Crippen LogP contribution is 2.32. The molecule has 2 saturated heterocycles. The number of hydrogen-bond acceptors (Lipinski definition) is 4. The standard InChI is InChI=1S/C19H22ClN5O2/c1-12-21-18(23-22-12)13-4-2-8-24(11-13)19(27)15-7-6-14(20)10-16(15)25-9-3-5-17(25)26/h6-7,10,13H,2-5,8-9,11H2,1H3,(H,21,22,23). The molecule has 0 radical (unpaired) electrons. The Hall–Kier alpha value is -2.41. The van der Waals surface area contributed by atoms with E-state index in [1.165, 1.54) is 0 Å². The Balaban J connectivity index is 1.60. The second-order valence-electron chi connectivity index (χ2n) is 7.18. The van der Waals surface area contributed by atoms with Gasteiger partial charge in [-0.2, -0.15) is 5.10 Å². The monoisotopic (exact) mass is 387 g/mol. The molecule has 0 saturated carbocycles. The number of nitrogens with one attached hydrogen (secondary N) is 1. The third-order valence-electron chi connectivity index (χ3n) is 5.24. The lowest BCUT2D eigenvalue weighted by Gasteiger charge is -2.32. The molecule has 0 bridgehead atoms. The van der Waals surface area contributed by atoms with Gasteiger partial charge in [-0.25, -0.2) is 4.98 Å². The van der Waals surface area contributed by atoms with Gasteiger partial charge in [0.25, 0.3) is 5.91 Å². The number of piperidine rings is 1. The first kappa shape index (κ1) is 18.0. The molecule has 2 aliphatic heterocycles. The van der Waals surface area contributed by atoms with Crippen LogP contribution in [0.2, 0.25) is 5.02 Å². The third kappa shape index (κ3) is 3.56. The van der Waals surface area contributed by atoms with E-state index in [2.05, 4.69) is 15.2 Å². The summed E-state index contributed by atoms with van der Waals surface area (Å²) in [5.74, 6) is 1.63. The van der Waals surface area contributed by atoms with Gasteiger partial charge in [0.2, 0.25) is 5.91 Å². The number of aromatic nitrogens is 3. The number of H-pyrrole nitrogens is 1. The SMILES string of the molecule is Cc1nc(C2CCCN(C(=O)c3ccc(Cl)cc3N3CCCC3=O)C2)n[nH]1. The Labute approximate surface area is 162 Å². The Morgan fingerprint density at radius 1 is 1.30 bits per heavy atom. The Kier molecular flexibility index (Phi) is 4.86. The highest BCUT2D eigenvalue weighted by Gasteiger charge is 2.31. The van der Waals surface area contributed by atoms with E-state index in [0.717, 1.165) is 30.9 Å². The van der Waals surface area contributed by atoms with Crippen molar-refractivity contribution in [1.82, 2.24) is 20.1 Å². The summed E-state index contributed by atoms with van der Waals surface area (Å²) in [5, 5.41) is 7.66. The van der Waals surface area contributed by atoms with E-state index >= 15 is 0 Å². The van der Waals surface area contributed by atoms with E-state index in [0.29, 0.717) is 42.3 Å². The molecule has 4 rings (SSSR count). The summed E-state index contributed by atoms with van der Waals surface area (Å²) >= 11 is 6.16. The topological polar surface area (TPSA) is 82.2 Å². The van der Waals surface area contributed by atoms with E-state index in [1.807, 2.05) is 11.8 Å². The summed E-state index contributed by atoms with van der Waals surface area (Å²) in [6, 6.07) is 5.16. The number of rotatable bonds is 3. The van der Waals surface area contributed by atoms with Crippen LogP contribution < -0.4 is 4.90 Å². The third-order valence-corrected chi connectivity index (χ3v) is 5.48. The molecule has 0 aliphatic carbocycles. The van der Waals surface area contributed by atoms with Crippen LogP contribution in [0.15, 0.2) is 18.2 Å². The Morgan fingerprint density at radius 3 is 2.85 bits per heavy atom. The van der Waals surface area contributed by atoms with Crippen molar-refractivity contribution in [2.45, 2.75) is 38.5 Å². The first-order valence-corrected chi connectivity index (χ1v) is 9.69. The Morgan fingerprint density at radius 2 is 2.15 bits per heavy atom. The summed E-state index contributed by atoms with van der Waals surface area (Å²) in [7, 11) is 0. The number of carbonyl (C=O) groups is 2. The van der Waals surface area contributed by atoms with Crippen LogP contribution >= 0.6 is 11.6 Å². The fourth-order valence-corrected chi connectivity index (χ4v) is 4.06. The zero-order valence-electron chi connectivity index (χ0n) is 15.2. The second-order valence-corrected chi connectivity index (χ2v) is 7.62. The minimum Gasteiger partial charge on any atom is -0.338 e. The largest absolute Gasteiger partial charge is 0.338 e. The number of benzene rings is 1. The van der Waals surface area contributed by atoms with Crippen LogP contribution in [0.25, 0.3) is 0 Å². The van der Waals surface area contributed by atoms with Crippen LogP contribution in [0.3, 0.4) is 0 Å². The van der Waals surface area contributed by atoms with Gasteiger partial charge in [-0.1, -0.05) is 11.6 Å². The number of aryl methyl sites for hydroxylation is 1. The highest BCUT2D eigenvalue weighted by molar-refractivity contribution is 6.31. The maximum atomic E-state index is 13.3. The molecule has 1 atom stereocenters. The Bertz CT molecular complexity index is 881. The lowest BCUT2D eigenvalue weighted by atomic mass is 9.96. The van der Waals surface area contributed by atoms with E-state index in [1.54, 1.807) is 23.1 Å². The molecule has 2 aliphatic rings. The summed E-state index contributed by atoms with van der Waals surface area (Å²) < 4.78 is 0. The number of likely N-dealkylation sites (tertiary alicyclic amines) is 1. The second kappa shape index (κ2) is 7.31. The van der Waals surface area contributed by atoms with E-state index in [9.17, 15) is 9.59 Å².